The first-order valence-electron chi connectivity index (χ1n) is 4.96. The number of esters is 1. The maximum atomic E-state index is 11.0. The topological polar surface area (TPSA) is 56.3 Å². The number of aldehydes is 1. The van der Waals surface area contributed by atoms with Gasteiger partial charge in [0.25, 0.3) is 0 Å². The molecule has 0 saturated carbocycles. The lowest BCUT2D eigenvalue weighted by atomic mass is 10.3. The molecule has 4 nitrogen and oxygen atoms in total. The highest BCUT2D eigenvalue weighted by atomic mass is 32.2. The molecule has 0 atom stereocenters. The van der Waals surface area contributed by atoms with E-state index in [1.807, 2.05) is 0 Å². The van der Waals surface area contributed by atoms with Gasteiger partial charge < -0.3 is 4.74 Å². The number of hydrogen-bond acceptors (Lipinski definition) is 5. The quantitative estimate of drug-likeness (QED) is 0.431. The fourth-order valence-electron chi connectivity index (χ4n) is 1.02. The van der Waals surface area contributed by atoms with Crippen molar-refractivity contribution in [3.8, 4) is 0 Å². The summed E-state index contributed by atoms with van der Waals surface area (Å²) in [5.41, 5.74) is 0.551. The maximum absolute atomic E-state index is 11.0. The summed E-state index contributed by atoms with van der Waals surface area (Å²) < 4.78 is 4.80. The van der Waals surface area contributed by atoms with E-state index >= 15 is 0 Å². The van der Waals surface area contributed by atoms with Crippen molar-refractivity contribution in [3.63, 3.8) is 0 Å². The molecule has 0 radical (unpaired) electrons. The summed E-state index contributed by atoms with van der Waals surface area (Å²) >= 11 is 1.47. The van der Waals surface area contributed by atoms with Crippen LogP contribution in [0.4, 0.5) is 0 Å². The van der Waals surface area contributed by atoms with Gasteiger partial charge in [0.15, 0.2) is 6.29 Å². The molecule has 0 aliphatic rings. The zero-order valence-electron chi connectivity index (χ0n) is 9.01. The van der Waals surface area contributed by atoms with Gasteiger partial charge in [0.05, 0.1) is 18.1 Å². The number of carbonyl (C=O) groups is 2. The Kier molecular flexibility index (Phi) is 5.56. The third kappa shape index (κ3) is 4.44. The Morgan fingerprint density at radius 3 is 2.94 bits per heavy atom. The molecule has 1 rings (SSSR count). The van der Waals surface area contributed by atoms with Crippen molar-refractivity contribution in [2.75, 3.05) is 12.4 Å². The molecule has 0 N–H and O–H groups in total. The van der Waals surface area contributed by atoms with E-state index in [0.29, 0.717) is 24.3 Å². The highest BCUT2D eigenvalue weighted by Crippen LogP contribution is 2.15. The molecule has 16 heavy (non-hydrogen) atoms. The minimum Gasteiger partial charge on any atom is -0.466 e. The fourth-order valence-corrected chi connectivity index (χ4v) is 1.79. The molecule has 5 heteroatoms. The average Bonchev–Trinajstić information content (AvgIpc) is 2.30. The summed E-state index contributed by atoms with van der Waals surface area (Å²) in [7, 11) is 0. The van der Waals surface area contributed by atoms with Gasteiger partial charge >= 0.3 is 5.97 Å². The molecule has 0 aliphatic carbocycles. The van der Waals surface area contributed by atoms with Crippen LogP contribution in [0.5, 0.6) is 0 Å². The summed E-state index contributed by atoms with van der Waals surface area (Å²) in [5, 5.41) is 0.801. The zero-order chi connectivity index (χ0) is 11.8. The Balaban J connectivity index is 2.31. The van der Waals surface area contributed by atoms with Gasteiger partial charge in [-0.05, 0) is 19.1 Å². The van der Waals surface area contributed by atoms with E-state index in [9.17, 15) is 9.59 Å². The lowest BCUT2D eigenvalue weighted by Crippen LogP contribution is -2.04. The van der Waals surface area contributed by atoms with Gasteiger partial charge in [0, 0.05) is 17.5 Å². The molecule has 0 saturated heterocycles. The van der Waals surface area contributed by atoms with Crippen LogP contribution in [0.2, 0.25) is 0 Å². The number of thioether (sulfide) groups is 1. The van der Waals surface area contributed by atoms with Gasteiger partial charge in [-0.2, -0.15) is 0 Å². The second-order valence-corrected chi connectivity index (χ2v) is 4.07. The lowest BCUT2D eigenvalue weighted by molar-refractivity contribution is -0.142. The smallest absolute Gasteiger partial charge is 0.306 e. The van der Waals surface area contributed by atoms with Crippen LogP contribution in [0.3, 0.4) is 0 Å². The standard InChI is InChI=1S/C11H13NO3S/c1-2-15-11(14)5-6-16-10-4-3-9(8-13)7-12-10/h3-4,7-8H,2,5-6H2,1H3. The van der Waals surface area contributed by atoms with Crippen LogP contribution in [-0.2, 0) is 9.53 Å². The third-order valence-electron chi connectivity index (χ3n) is 1.76. The Hall–Kier alpha value is -1.36. The zero-order valence-corrected chi connectivity index (χ0v) is 9.83. The summed E-state index contributed by atoms with van der Waals surface area (Å²) in [6, 6.07) is 3.46. The van der Waals surface area contributed by atoms with Crippen molar-refractivity contribution >= 4 is 24.0 Å². The van der Waals surface area contributed by atoms with Gasteiger partial charge in [0.2, 0.25) is 0 Å². The third-order valence-corrected chi connectivity index (χ3v) is 2.70. The number of aromatic nitrogens is 1. The second-order valence-electron chi connectivity index (χ2n) is 2.95. The first-order chi connectivity index (χ1) is 7.76. The van der Waals surface area contributed by atoms with Crippen LogP contribution in [0, 0.1) is 0 Å². The Bertz CT molecular complexity index is 351. The normalized spacial score (nSPS) is 9.81. The fraction of sp³-hybridized carbons (Fsp3) is 0.364. The molecule has 0 bridgehead atoms. The van der Waals surface area contributed by atoms with Crippen molar-refractivity contribution in [2.45, 2.75) is 18.4 Å². The van der Waals surface area contributed by atoms with Crippen LogP contribution in [0.1, 0.15) is 23.7 Å². The van der Waals surface area contributed by atoms with E-state index in [1.54, 1.807) is 19.1 Å². The molecule has 1 aromatic rings. The SMILES string of the molecule is CCOC(=O)CCSc1ccc(C=O)cn1. The number of carbonyl (C=O) groups excluding carboxylic acids is 2. The van der Waals surface area contributed by atoms with Gasteiger partial charge in [-0.15, -0.1) is 11.8 Å². The van der Waals surface area contributed by atoms with Crippen molar-refractivity contribution in [3.05, 3.63) is 23.9 Å². The average molecular weight is 239 g/mol. The van der Waals surface area contributed by atoms with Gasteiger partial charge in [0.1, 0.15) is 0 Å². The Morgan fingerprint density at radius 2 is 2.38 bits per heavy atom. The first-order valence-corrected chi connectivity index (χ1v) is 5.94. The predicted molar refractivity (Wildman–Crippen MR) is 61.6 cm³/mol. The van der Waals surface area contributed by atoms with E-state index < -0.39 is 0 Å². The molecule has 0 aromatic carbocycles. The molecule has 0 spiro atoms. The van der Waals surface area contributed by atoms with Gasteiger partial charge in [-0.1, -0.05) is 0 Å². The predicted octanol–water partition coefficient (Wildman–Crippen LogP) is 1.94. The van der Waals surface area contributed by atoms with E-state index in [4.69, 9.17) is 4.74 Å². The molecule has 86 valence electrons. The van der Waals surface area contributed by atoms with E-state index in [0.717, 1.165) is 11.3 Å². The molecule has 0 aliphatic heterocycles. The van der Waals surface area contributed by atoms with Gasteiger partial charge in [-0.3, -0.25) is 9.59 Å². The largest absolute Gasteiger partial charge is 0.466 e. The molecule has 0 unspecified atom stereocenters. The van der Waals surface area contributed by atoms with Crippen molar-refractivity contribution < 1.29 is 14.3 Å². The molecular weight excluding hydrogens is 226 g/mol. The highest BCUT2D eigenvalue weighted by Gasteiger charge is 2.02. The second kappa shape index (κ2) is 7.00. The molecule has 1 aromatic heterocycles. The number of rotatable bonds is 6. The number of hydrogen-bond donors (Lipinski definition) is 0. The van der Waals surface area contributed by atoms with E-state index in [-0.39, 0.29) is 5.97 Å². The molecule has 0 amide bonds. The van der Waals surface area contributed by atoms with E-state index in [2.05, 4.69) is 4.98 Å². The minimum atomic E-state index is -0.195. The summed E-state index contributed by atoms with van der Waals surface area (Å²) in [4.78, 5) is 25.5. The van der Waals surface area contributed by atoms with Crippen LogP contribution in [0.25, 0.3) is 0 Å². The summed E-state index contributed by atoms with van der Waals surface area (Å²) in [5.74, 6) is 0.436. The Morgan fingerprint density at radius 1 is 1.56 bits per heavy atom. The van der Waals surface area contributed by atoms with Crippen molar-refractivity contribution in [1.29, 1.82) is 0 Å². The highest BCUT2D eigenvalue weighted by molar-refractivity contribution is 7.99. The van der Waals surface area contributed by atoms with Crippen LogP contribution >= 0.6 is 11.8 Å². The molecule has 0 fully saturated rings. The number of ether oxygens (including phenoxy) is 1. The Labute approximate surface area is 98.4 Å². The monoisotopic (exact) mass is 239 g/mol. The number of nitrogens with zero attached hydrogens (tertiary/aromatic N) is 1. The summed E-state index contributed by atoms with van der Waals surface area (Å²) in [6.07, 6.45) is 2.63. The van der Waals surface area contributed by atoms with E-state index in [1.165, 1.54) is 18.0 Å². The van der Waals surface area contributed by atoms with Crippen molar-refractivity contribution in [1.82, 2.24) is 4.98 Å². The lowest BCUT2D eigenvalue weighted by Gasteiger charge is -2.01. The van der Waals surface area contributed by atoms with Crippen molar-refractivity contribution in [2.24, 2.45) is 0 Å². The maximum Gasteiger partial charge on any atom is 0.306 e. The van der Waals surface area contributed by atoms with Crippen LogP contribution < -0.4 is 0 Å². The summed E-state index contributed by atoms with van der Waals surface area (Å²) in [6.45, 7) is 2.19. The molecule has 1 heterocycles. The van der Waals surface area contributed by atoms with Crippen LogP contribution in [0.15, 0.2) is 23.4 Å². The molecular formula is C11H13NO3S. The van der Waals surface area contributed by atoms with Gasteiger partial charge in [-0.25, -0.2) is 4.98 Å². The first kappa shape index (κ1) is 12.7. The minimum absolute atomic E-state index is 0.195. The van der Waals surface area contributed by atoms with Crippen LogP contribution in [-0.4, -0.2) is 29.6 Å². The number of pyridine rings is 1.